The van der Waals surface area contributed by atoms with E-state index in [1.165, 1.54) is 12.1 Å². The largest absolute Gasteiger partial charge is 0.406 e. The maximum atomic E-state index is 13.0. The summed E-state index contributed by atoms with van der Waals surface area (Å²) >= 11 is 3.18. The first kappa shape index (κ1) is 20.0. The molecule has 0 radical (unpaired) electrons. The predicted octanol–water partition coefficient (Wildman–Crippen LogP) is 5.38. The summed E-state index contributed by atoms with van der Waals surface area (Å²) in [4.78, 5) is 13.9. The standard InChI is InChI=1S/C17H15BrF6N2O/c18-11-3-4-12-13(8-26(14(12)6-11)9-16(19,20)21)15(27)25-5-1-2-10(7-25)17(22,23)24/h3-4,6,8,10H,1-2,5,7,9H2. The zero-order valence-corrected chi connectivity index (χ0v) is 15.5. The number of likely N-dealkylation sites (tertiary alicyclic amines) is 1. The van der Waals surface area contributed by atoms with E-state index in [9.17, 15) is 31.1 Å². The Labute approximate surface area is 159 Å². The molecule has 1 atom stereocenters. The normalized spacial score (nSPS) is 18.9. The molecule has 10 heteroatoms. The van der Waals surface area contributed by atoms with E-state index in [0.29, 0.717) is 4.47 Å². The third-order valence-electron chi connectivity index (χ3n) is 4.60. The molecule has 1 aliphatic heterocycles. The highest BCUT2D eigenvalue weighted by molar-refractivity contribution is 9.10. The number of nitrogens with zero attached hydrogens (tertiary/aromatic N) is 2. The van der Waals surface area contributed by atoms with Gasteiger partial charge in [-0.25, -0.2) is 0 Å². The maximum absolute atomic E-state index is 13.0. The molecule has 1 fully saturated rings. The number of halogens is 7. The summed E-state index contributed by atoms with van der Waals surface area (Å²) in [7, 11) is 0. The van der Waals surface area contributed by atoms with E-state index < -0.39 is 37.3 Å². The van der Waals surface area contributed by atoms with Crippen LogP contribution in [-0.2, 0) is 6.54 Å². The molecular formula is C17H15BrF6N2O. The summed E-state index contributed by atoms with van der Waals surface area (Å²) in [6, 6.07) is 4.52. The molecule has 2 aromatic rings. The number of piperidine rings is 1. The fourth-order valence-electron chi connectivity index (χ4n) is 3.36. The fraction of sp³-hybridized carbons (Fsp3) is 0.471. The van der Waals surface area contributed by atoms with E-state index in [-0.39, 0.29) is 35.9 Å². The molecule has 1 saturated heterocycles. The highest BCUT2D eigenvalue weighted by Crippen LogP contribution is 2.35. The van der Waals surface area contributed by atoms with Crippen molar-refractivity contribution < 1.29 is 31.1 Å². The zero-order chi connectivity index (χ0) is 20.0. The van der Waals surface area contributed by atoms with Crippen LogP contribution >= 0.6 is 15.9 Å². The number of amides is 1. The van der Waals surface area contributed by atoms with Crippen LogP contribution in [0.3, 0.4) is 0 Å². The Kier molecular flexibility index (Phi) is 5.22. The van der Waals surface area contributed by atoms with Gasteiger partial charge in [-0.15, -0.1) is 0 Å². The first-order valence-electron chi connectivity index (χ1n) is 8.17. The second kappa shape index (κ2) is 7.03. The average molecular weight is 457 g/mol. The van der Waals surface area contributed by atoms with Crippen molar-refractivity contribution in [3.63, 3.8) is 0 Å². The van der Waals surface area contributed by atoms with E-state index in [1.54, 1.807) is 6.07 Å². The molecule has 1 amide bonds. The number of hydrogen-bond donors (Lipinski definition) is 0. The van der Waals surface area contributed by atoms with Crippen molar-refractivity contribution in [1.29, 1.82) is 0 Å². The van der Waals surface area contributed by atoms with Crippen LogP contribution in [0.5, 0.6) is 0 Å². The SMILES string of the molecule is O=C(c1cn(CC(F)(F)F)c2cc(Br)ccc12)N1CCCC(C(F)(F)F)C1. The number of fused-ring (bicyclic) bond motifs is 1. The predicted molar refractivity (Wildman–Crippen MR) is 90.4 cm³/mol. The molecule has 0 bridgehead atoms. The minimum Gasteiger partial charge on any atom is -0.338 e. The number of alkyl halides is 6. The minimum atomic E-state index is -4.50. The molecule has 1 aliphatic rings. The van der Waals surface area contributed by atoms with Crippen molar-refractivity contribution in [2.75, 3.05) is 13.1 Å². The molecule has 148 valence electrons. The lowest BCUT2D eigenvalue weighted by molar-refractivity contribution is -0.184. The van der Waals surface area contributed by atoms with Gasteiger partial charge in [0.1, 0.15) is 6.54 Å². The van der Waals surface area contributed by atoms with Gasteiger partial charge in [0.25, 0.3) is 5.91 Å². The molecule has 3 rings (SSSR count). The summed E-state index contributed by atoms with van der Waals surface area (Å²) in [6.45, 7) is -1.63. The number of carbonyl (C=O) groups is 1. The Morgan fingerprint density at radius 3 is 2.52 bits per heavy atom. The van der Waals surface area contributed by atoms with Gasteiger partial charge in [0.05, 0.1) is 17.0 Å². The molecule has 0 saturated carbocycles. The Balaban J connectivity index is 1.97. The van der Waals surface area contributed by atoms with Crippen LogP contribution in [0.4, 0.5) is 26.3 Å². The topological polar surface area (TPSA) is 25.2 Å². The van der Waals surface area contributed by atoms with Gasteiger partial charge in [-0.1, -0.05) is 22.0 Å². The average Bonchev–Trinajstić information content (AvgIpc) is 2.89. The summed E-state index contributed by atoms with van der Waals surface area (Å²) in [5.74, 6) is -2.30. The molecule has 2 heterocycles. The summed E-state index contributed by atoms with van der Waals surface area (Å²) in [5.41, 5.74) is 0.166. The van der Waals surface area contributed by atoms with Crippen molar-refractivity contribution in [2.24, 2.45) is 5.92 Å². The first-order valence-corrected chi connectivity index (χ1v) is 8.96. The second-order valence-electron chi connectivity index (χ2n) is 6.58. The quantitative estimate of drug-likeness (QED) is 0.556. The number of aromatic nitrogens is 1. The lowest BCUT2D eigenvalue weighted by atomic mass is 9.97. The van der Waals surface area contributed by atoms with E-state index in [2.05, 4.69) is 15.9 Å². The number of carbonyl (C=O) groups excluding carboxylic acids is 1. The van der Waals surface area contributed by atoms with Crippen LogP contribution in [-0.4, -0.2) is 40.8 Å². The van der Waals surface area contributed by atoms with Gasteiger partial charge >= 0.3 is 12.4 Å². The number of rotatable bonds is 2. The smallest absolute Gasteiger partial charge is 0.338 e. The number of hydrogen-bond acceptors (Lipinski definition) is 1. The van der Waals surface area contributed by atoms with E-state index >= 15 is 0 Å². The van der Waals surface area contributed by atoms with Crippen LogP contribution in [0.15, 0.2) is 28.9 Å². The first-order chi connectivity index (χ1) is 12.5. The molecule has 3 nitrogen and oxygen atoms in total. The van der Waals surface area contributed by atoms with Crippen molar-refractivity contribution in [3.8, 4) is 0 Å². The zero-order valence-electron chi connectivity index (χ0n) is 13.9. The minimum absolute atomic E-state index is 0.0235. The van der Waals surface area contributed by atoms with Gasteiger partial charge in [-0.3, -0.25) is 4.79 Å². The lowest BCUT2D eigenvalue weighted by Gasteiger charge is -2.33. The van der Waals surface area contributed by atoms with E-state index in [0.717, 1.165) is 15.7 Å². The van der Waals surface area contributed by atoms with Gasteiger partial charge in [-0.05, 0) is 25.0 Å². The van der Waals surface area contributed by atoms with Gasteiger partial charge < -0.3 is 9.47 Å². The Morgan fingerprint density at radius 2 is 1.89 bits per heavy atom. The molecule has 0 spiro atoms. The third-order valence-corrected chi connectivity index (χ3v) is 5.09. The van der Waals surface area contributed by atoms with Crippen LogP contribution in [0.1, 0.15) is 23.2 Å². The molecule has 0 N–H and O–H groups in total. The van der Waals surface area contributed by atoms with E-state index in [4.69, 9.17) is 0 Å². The van der Waals surface area contributed by atoms with Gasteiger partial charge in [0, 0.05) is 29.1 Å². The molecule has 27 heavy (non-hydrogen) atoms. The van der Waals surface area contributed by atoms with E-state index in [1.807, 2.05) is 0 Å². The monoisotopic (exact) mass is 456 g/mol. The fourth-order valence-corrected chi connectivity index (χ4v) is 3.71. The van der Waals surface area contributed by atoms with Crippen molar-refractivity contribution in [2.45, 2.75) is 31.7 Å². The van der Waals surface area contributed by atoms with Crippen molar-refractivity contribution in [3.05, 3.63) is 34.4 Å². The van der Waals surface area contributed by atoms with Gasteiger partial charge in [0.2, 0.25) is 0 Å². The van der Waals surface area contributed by atoms with Crippen molar-refractivity contribution in [1.82, 2.24) is 9.47 Å². The Hall–Kier alpha value is -1.71. The Bertz CT molecular complexity index is 857. The van der Waals surface area contributed by atoms with Crippen LogP contribution in [0.2, 0.25) is 0 Å². The van der Waals surface area contributed by atoms with Gasteiger partial charge in [0.15, 0.2) is 0 Å². The molecule has 0 aliphatic carbocycles. The summed E-state index contributed by atoms with van der Waals surface area (Å²) < 4.78 is 79.0. The van der Waals surface area contributed by atoms with Gasteiger partial charge in [-0.2, -0.15) is 26.3 Å². The summed E-state index contributed by atoms with van der Waals surface area (Å²) in [5, 5.41) is 0.279. The molecule has 1 aromatic heterocycles. The number of benzene rings is 1. The maximum Gasteiger partial charge on any atom is 0.406 e. The Morgan fingerprint density at radius 1 is 1.19 bits per heavy atom. The molecular weight excluding hydrogens is 442 g/mol. The molecule has 1 aromatic carbocycles. The molecule has 1 unspecified atom stereocenters. The highest BCUT2D eigenvalue weighted by atomic mass is 79.9. The van der Waals surface area contributed by atoms with Crippen LogP contribution in [0.25, 0.3) is 10.9 Å². The van der Waals surface area contributed by atoms with Crippen molar-refractivity contribution >= 4 is 32.7 Å². The highest BCUT2D eigenvalue weighted by Gasteiger charge is 2.43. The third kappa shape index (κ3) is 4.41. The lowest BCUT2D eigenvalue weighted by Crippen LogP contribution is -2.44. The second-order valence-corrected chi connectivity index (χ2v) is 7.49. The summed E-state index contributed by atoms with van der Waals surface area (Å²) in [6.07, 6.45) is -7.70. The van der Waals surface area contributed by atoms with Crippen LogP contribution in [0, 0.1) is 5.92 Å². The van der Waals surface area contributed by atoms with Crippen LogP contribution < -0.4 is 0 Å².